The van der Waals surface area contributed by atoms with Gasteiger partial charge >= 0.3 is 0 Å². The molecule has 3 rings (SSSR count). The Hall–Kier alpha value is -1.49. The minimum atomic E-state index is -0.537. The van der Waals surface area contributed by atoms with Crippen molar-refractivity contribution in [1.29, 1.82) is 0 Å². The van der Waals surface area contributed by atoms with E-state index in [9.17, 15) is 9.59 Å². The third-order valence-corrected chi connectivity index (χ3v) is 5.16. The van der Waals surface area contributed by atoms with E-state index in [1.807, 2.05) is 49.0 Å². The van der Waals surface area contributed by atoms with Crippen LogP contribution < -0.4 is 5.32 Å². The number of nitrogens with one attached hydrogen (secondary N) is 1. The molecule has 0 saturated carbocycles. The Bertz CT molecular complexity index is 514. The molecule has 2 fully saturated rings. The molecule has 2 amide bonds. The van der Waals surface area contributed by atoms with Gasteiger partial charge in [-0.05, 0) is 24.7 Å². The van der Waals surface area contributed by atoms with E-state index in [1.54, 1.807) is 4.90 Å². The van der Waals surface area contributed by atoms with Crippen LogP contribution in [0, 0.1) is 0 Å². The molecule has 0 spiro atoms. The van der Waals surface area contributed by atoms with Gasteiger partial charge in [-0.2, -0.15) is 11.8 Å². The van der Waals surface area contributed by atoms with E-state index < -0.39 is 6.04 Å². The van der Waals surface area contributed by atoms with E-state index >= 15 is 0 Å². The normalized spacial score (nSPS) is 30.4. The van der Waals surface area contributed by atoms with Crippen molar-refractivity contribution in [2.24, 2.45) is 0 Å². The highest BCUT2D eigenvalue weighted by atomic mass is 32.2. The Kier molecular flexibility index (Phi) is 3.70. The topological polar surface area (TPSA) is 49.4 Å². The highest BCUT2D eigenvalue weighted by molar-refractivity contribution is 7.99. The number of hydrogen-bond donors (Lipinski definition) is 1. The Labute approximate surface area is 122 Å². The molecule has 2 saturated heterocycles. The molecule has 0 bridgehead atoms. The van der Waals surface area contributed by atoms with Crippen molar-refractivity contribution in [2.45, 2.75) is 31.5 Å². The van der Waals surface area contributed by atoms with Crippen molar-refractivity contribution >= 4 is 23.6 Å². The summed E-state index contributed by atoms with van der Waals surface area (Å²) in [7, 11) is 0. The Morgan fingerprint density at radius 1 is 1.25 bits per heavy atom. The smallest absolute Gasteiger partial charge is 0.250 e. The van der Waals surface area contributed by atoms with Gasteiger partial charge in [0.25, 0.3) is 5.91 Å². The molecule has 0 radical (unpaired) electrons. The molecule has 1 aromatic rings. The van der Waals surface area contributed by atoms with Gasteiger partial charge in [0.1, 0.15) is 12.1 Å². The van der Waals surface area contributed by atoms with Crippen molar-refractivity contribution in [2.75, 3.05) is 11.5 Å². The molecule has 20 heavy (non-hydrogen) atoms. The van der Waals surface area contributed by atoms with Gasteiger partial charge in [-0.15, -0.1) is 0 Å². The summed E-state index contributed by atoms with van der Waals surface area (Å²) in [4.78, 5) is 26.8. The number of hydrogen-bond acceptors (Lipinski definition) is 3. The molecular weight excluding hydrogens is 272 g/mol. The summed E-state index contributed by atoms with van der Waals surface area (Å²) in [6, 6.07) is 8.76. The maximum atomic E-state index is 12.8. The van der Waals surface area contributed by atoms with Gasteiger partial charge in [0.15, 0.2) is 0 Å². The molecular formula is C15H18N2O2S. The molecule has 2 aliphatic rings. The zero-order valence-corrected chi connectivity index (χ0v) is 12.2. The molecule has 2 heterocycles. The van der Waals surface area contributed by atoms with Crippen LogP contribution in [0.4, 0.5) is 0 Å². The monoisotopic (exact) mass is 290 g/mol. The summed E-state index contributed by atoms with van der Waals surface area (Å²) in [5, 5.41) is 2.85. The van der Waals surface area contributed by atoms with Gasteiger partial charge in [-0.25, -0.2) is 0 Å². The Balaban J connectivity index is 1.90. The van der Waals surface area contributed by atoms with Gasteiger partial charge in [-0.1, -0.05) is 30.3 Å². The third-order valence-electron chi connectivity index (χ3n) is 4.02. The highest BCUT2D eigenvalue weighted by Gasteiger charge is 2.42. The molecule has 1 N–H and O–H groups in total. The molecule has 106 valence electrons. The number of carbonyl (C=O) groups is 2. The average Bonchev–Trinajstić information content (AvgIpc) is 2.98. The first-order valence-electron chi connectivity index (χ1n) is 6.93. The lowest BCUT2D eigenvalue weighted by Gasteiger charge is -2.40. The number of thioether (sulfide) groups is 1. The number of piperazine rings is 1. The lowest BCUT2D eigenvalue weighted by Crippen LogP contribution is -2.61. The van der Waals surface area contributed by atoms with Gasteiger partial charge in [-0.3, -0.25) is 9.59 Å². The van der Waals surface area contributed by atoms with Gasteiger partial charge in [0, 0.05) is 11.8 Å². The van der Waals surface area contributed by atoms with E-state index in [4.69, 9.17) is 0 Å². The molecule has 5 heteroatoms. The first-order chi connectivity index (χ1) is 9.68. The van der Waals surface area contributed by atoms with Crippen molar-refractivity contribution in [3.63, 3.8) is 0 Å². The lowest BCUT2D eigenvalue weighted by atomic mass is 9.99. The number of rotatable bonds is 2. The minimum absolute atomic E-state index is 0.0239. The standard InChI is InChI=1S/C15H18N2O2S/c1-10-14(18)16-13(11-5-3-2-4-6-11)15(19)17(10)12-7-8-20-9-12/h2-6,10,12-13H,7-9H2,1H3,(H,16,18). The van der Waals surface area contributed by atoms with E-state index in [-0.39, 0.29) is 23.9 Å². The summed E-state index contributed by atoms with van der Waals surface area (Å²) < 4.78 is 0. The van der Waals surface area contributed by atoms with Gasteiger partial charge < -0.3 is 10.2 Å². The molecule has 0 aliphatic carbocycles. The molecule has 3 atom stereocenters. The van der Waals surface area contributed by atoms with Crippen LogP contribution in [0.25, 0.3) is 0 Å². The summed E-state index contributed by atoms with van der Waals surface area (Å²) in [5.41, 5.74) is 0.855. The highest BCUT2D eigenvalue weighted by Crippen LogP contribution is 2.29. The SMILES string of the molecule is CC1C(=O)NC(c2ccccc2)C(=O)N1C1CCSC1. The van der Waals surface area contributed by atoms with E-state index in [0.717, 1.165) is 23.5 Å². The predicted molar refractivity (Wildman–Crippen MR) is 79.4 cm³/mol. The first-order valence-corrected chi connectivity index (χ1v) is 8.09. The molecule has 4 nitrogen and oxygen atoms in total. The van der Waals surface area contributed by atoms with Gasteiger partial charge in [0.2, 0.25) is 5.91 Å². The van der Waals surface area contributed by atoms with E-state index in [0.29, 0.717) is 0 Å². The fraction of sp³-hybridized carbons (Fsp3) is 0.467. The quantitative estimate of drug-likeness (QED) is 0.899. The zero-order chi connectivity index (χ0) is 14.1. The van der Waals surface area contributed by atoms with Crippen LogP contribution in [0.2, 0.25) is 0 Å². The first kappa shape index (κ1) is 13.5. The van der Waals surface area contributed by atoms with Crippen LogP contribution in [-0.2, 0) is 9.59 Å². The van der Waals surface area contributed by atoms with Crippen LogP contribution in [0.1, 0.15) is 24.9 Å². The summed E-state index contributed by atoms with van der Waals surface area (Å²) >= 11 is 1.85. The lowest BCUT2D eigenvalue weighted by molar-refractivity contribution is -0.151. The van der Waals surface area contributed by atoms with E-state index in [1.165, 1.54) is 0 Å². The fourth-order valence-electron chi connectivity index (χ4n) is 2.90. The Morgan fingerprint density at radius 3 is 2.65 bits per heavy atom. The van der Waals surface area contributed by atoms with Crippen molar-refractivity contribution in [3.05, 3.63) is 35.9 Å². The summed E-state index contributed by atoms with van der Waals surface area (Å²) in [6.45, 7) is 1.82. The van der Waals surface area contributed by atoms with Crippen LogP contribution >= 0.6 is 11.8 Å². The molecule has 3 unspecified atom stereocenters. The van der Waals surface area contributed by atoms with E-state index in [2.05, 4.69) is 5.32 Å². The maximum absolute atomic E-state index is 12.8. The molecule has 1 aromatic carbocycles. The number of nitrogens with zero attached hydrogens (tertiary/aromatic N) is 1. The minimum Gasteiger partial charge on any atom is -0.339 e. The molecule has 0 aromatic heterocycles. The average molecular weight is 290 g/mol. The van der Waals surface area contributed by atoms with Crippen molar-refractivity contribution in [3.8, 4) is 0 Å². The van der Waals surface area contributed by atoms with Crippen LogP contribution in [0.5, 0.6) is 0 Å². The fourth-order valence-corrected chi connectivity index (χ4v) is 4.10. The number of benzene rings is 1. The Morgan fingerprint density at radius 2 is 2.00 bits per heavy atom. The van der Waals surface area contributed by atoms with Crippen molar-refractivity contribution in [1.82, 2.24) is 10.2 Å². The van der Waals surface area contributed by atoms with Gasteiger partial charge in [0.05, 0.1) is 0 Å². The van der Waals surface area contributed by atoms with Crippen LogP contribution in [0.3, 0.4) is 0 Å². The second-order valence-electron chi connectivity index (χ2n) is 5.29. The van der Waals surface area contributed by atoms with Crippen LogP contribution in [-0.4, -0.2) is 40.3 Å². The summed E-state index contributed by atoms with van der Waals surface area (Å²) in [5.74, 6) is 1.97. The summed E-state index contributed by atoms with van der Waals surface area (Å²) in [6.07, 6.45) is 0.982. The maximum Gasteiger partial charge on any atom is 0.250 e. The predicted octanol–water partition coefficient (Wildman–Crippen LogP) is 1.58. The number of carbonyl (C=O) groups excluding carboxylic acids is 2. The zero-order valence-electron chi connectivity index (χ0n) is 11.4. The second kappa shape index (κ2) is 5.48. The number of amides is 2. The second-order valence-corrected chi connectivity index (χ2v) is 6.44. The van der Waals surface area contributed by atoms with Crippen LogP contribution in [0.15, 0.2) is 30.3 Å². The van der Waals surface area contributed by atoms with Crippen molar-refractivity contribution < 1.29 is 9.59 Å². The molecule has 2 aliphatic heterocycles. The largest absolute Gasteiger partial charge is 0.339 e. The third kappa shape index (κ3) is 2.30.